The van der Waals surface area contributed by atoms with E-state index in [-0.39, 0.29) is 24.0 Å². The van der Waals surface area contributed by atoms with Gasteiger partial charge >= 0.3 is 5.97 Å². The van der Waals surface area contributed by atoms with Gasteiger partial charge in [-0.15, -0.1) is 11.8 Å². The first-order valence-corrected chi connectivity index (χ1v) is 8.88. The number of carbonyl (C=O) groups excluding carboxylic acids is 3. The highest BCUT2D eigenvalue weighted by molar-refractivity contribution is 9.10. The second-order valence-electron chi connectivity index (χ2n) is 5.14. The van der Waals surface area contributed by atoms with Crippen molar-refractivity contribution in [1.82, 2.24) is 5.32 Å². The molecular weight excluding hydrogens is 400 g/mol. The number of benzene rings is 1. The van der Waals surface area contributed by atoms with Gasteiger partial charge in [0.25, 0.3) is 0 Å². The third-order valence-electron chi connectivity index (χ3n) is 3.34. The standard InChI is InChI=1S/C15H15BrN2O5S/c1-8(19)17-10(15(22)23)7-24-12-6-13(20)18(14(12)21)11-5-3-2-4-9(11)16/h2-5,10,12H,6-7H2,1H3,(H,17,19)(H,22,23)/t10-,12+/m1/s1. The Morgan fingerprint density at radius 2 is 2.08 bits per heavy atom. The molecule has 0 bridgehead atoms. The zero-order valence-electron chi connectivity index (χ0n) is 12.7. The maximum Gasteiger partial charge on any atom is 0.327 e. The van der Waals surface area contributed by atoms with Crippen molar-refractivity contribution in [1.29, 1.82) is 0 Å². The van der Waals surface area contributed by atoms with E-state index in [9.17, 15) is 19.2 Å². The number of aliphatic carboxylic acids is 1. The highest BCUT2D eigenvalue weighted by atomic mass is 79.9. The molecule has 1 aliphatic heterocycles. The summed E-state index contributed by atoms with van der Waals surface area (Å²) in [5.74, 6) is -2.37. The van der Waals surface area contributed by atoms with Gasteiger partial charge in [0.2, 0.25) is 17.7 Å². The molecule has 3 amide bonds. The number of thioether (sulfide) groups is 1. The van der Waals surface area contributed by atoms with Crippen molar-refractivity contribution < 1.29 is 24.3 Å². The minimum Gasteiger partial charge on any atom is -0.480 e. The average Bonchev–Trinajstić information content (AvgIpc) is 2.78. The lowest BCUT2D eigenvalue weighted by atomic mass is 10.3. The van der Waals surface area contributed by atoms with Crippen LogP contribution in [-0.4, -0.2) is 45.8 Å². The molecule has 2 rings (SSSR count). The number of hydrogen-bond donors (Lipinski definition) is 2. The van der Waals surface area contributed by atoms with Gasteiger partial charge in [0.05, 0.1) is 10.9 Å². The molecule has 7 nitrogen and oxygen atoms in total. The van der Waals surface area contributed by atoms with Crippen LogP contribution in [0, 0.1) is 0 Å². The Balaban J connectivity index is 2.07. The Morgan fingerprint density at radius 3 is 2.67 bits per heavy atom. The molecule has 1 aliphatic rings. The quantitative estimate of drug-likeness (QED) is 0.681. The van der Waals surface area contributed by atoms with Gasteiger partial charge in [-0.25, -0.2) is 9.69 Å². The zero-order valence-corrected chi connectivity index (χ0v) is 15.1. The summed E-state index contributed by atoms with van der Waals surface area (Å²) >= 11 is 4.37. The van der Waals surface area contributed by atoms with Gasteiger partial charge in [-0.1, -0.05) is 12.1 Å². The molecule has 0 unspecified atom stereocenters. The number of nitrogens with one attached hydrogen (secondary N) is 1. The highest BCUT2D eigenvalue weighted by Gasteiger charge is 2.41. The van der Waals surface area contributed by atoms with E-state index >= 15 is 0 Å². The molecule has 2 atom stereocenters. The summed E-state index contributed by atoms with van der Waals surface area (Å²) in [6.45, 7) is 1.22. The molecule has 0 aromatic heterocycles. The van der Waals surface area contributed by atoms with Crippen molar-refractivity contribution in [3.8, 4) is 0 Å². The molecule has 0 radical (unpaired) electrons. The number of carbonyl (C=O) groups is 4. The molecule has 1 aromatic rings. The Hall–Kier alpha value is -1.87. The van der Waals surface area contributed by atoms with Crippen LogP contribution in [0.1, 0.15) is 13.3 Å². The highest BCUT2D eigenvalue weighted by Crippen LogP contribution is 2.34. The first-order chi connectivity index (χ1) is 11.3. The normalized spacial score (nSPS) is 18.6. The van der Waals surface area contributed by atoms with Gasteiger partial charge in [0.1, 0.15) is 6.04 Å². The summed E-state index contributed by atoms with van der Waals surface area (Å²) in [5, 5.41) is 10.7. The topological polar surface area (TPSA) is 104 Å². The smallest absolute Gasteiger partial charge is 0.327 e. The van der Waals surface area contributed by atoms with Crippen molar-refractivity contribution in [2.24, 2.45) is 0 Å². The van der Waals surface area contributed by atoms with Crippen LogP contribution in [0.2, 0.25) is 0 Å². The number of anilines is 1. The zero-order chi connectivity index (χ0) is 17.9. The predicted molar refractivity (Wildman–Crippen MR) is 92.7 cm³/mol. The Kier molecular flexibility index (Phi) is 6.00. The first kappa shape index (κ1) is 18.5. The van der Waals surface area contributed by atoms with Gasteiger partial charge < -0.3 is 10.4 Å². The van der Waals surface area contributed by atoms with Crippen LogP contribution in [0.4, 0.5) is 5.69 Å². The fourth-order valence-electron chi connectivity index (χ4n) is 2.25. The van der Waals surface area contributed by atoms with Crippen LogP contribution < -0.4 is 10.2 Å². The molecule has 2 N–H and O–H groups in total. The number of carboxylic acid groups (broad SMARTS) is 1. The first-order valence-electron chi connectivity index (χ1n) is 7.04. The minimum absolute atomic E-state index is 0.00238. The number of amides is 3. The molecule has 24 heavy (non-hydrogen) atoms. The van der Waals surface area contributed by atoms with Gasteiger partial charge in [-0.2, -0.15) is 0 Å². The van der Waals surface area contributed by atoms with Crippen LogP contribution >= 0.6 is 27.7 Å². The van der Waals surface area contributed by atoms with E-state index in [2.05, 4.69) is 21.2 Å². The van der Waals surface area contributed by atoms with Gasteiger partial charge in [-0.3, -0.25) is 14.4 Å². The van der Waals surface area contributed by atoms with E-state index in [1.54, 1.807) is 24.3 Å². The summed E-state index contributed by atoms with van der Waals surface area (Å²) in [4.78, 5) is 47.9. The van der Waals surface area contributed by atoms with Crippen molar-refractivity contribution in [2.75, 3.05) is 10.7 Å². The van der Waals surface area contributed by atoms with E-state index < -0.39 is 23.2 Å². The van der Waals surface area contributed by atoms with Crippen LogP contribution in [0.5, 0.6) is 0 Å². The predicted octanol–water partition coefficient (Wildman–Crippen LogP) is 1.40. The molecule has 128 valence electrons. The van der Waals surface area contributed by atoms with Crippen LogP contribution in [-0.2, 0) is 19.2 Å². The number of carboxylic acids is 1. The van der Waals surface area contributed by atoms with Crippen LogP contribution in [0.3, 0.4) is 0 Å². The van der Waals surface area contributed by atoms with Crippen molar-refractivity contribution in [3.05, 3.63) is 28.7 Å². The van der Waals surface area contributed by atoms with Crippen molar-refractivity contribution in [2.45, 2.75) is 24.6 Å². The summed E-state index contributed by atoms with van der Waals surface area (Å²) in [7, 11) is 0. The van der Waals surface area contributed by atoms with E-state index in [0.717, 1.165) is 16.7 Å². The van der Waals surface area contributed by atoms with Crippen LogP contribution in [0.25, 0.3) is 0 Å². The number of hydrogen-bond acceptors (Lipinski definition) is 5. The monoisotopic (exact) mass is 414 g/mol. The van der Waals surface area contributed by atoms with Crippen molar-refractivity contribution >= 4 is 57.1 Å². The van der Waals surface area contributed by atoms with Gasteiger partial charge in [0.15, 0.2) is 0 Å². The third kappa shape index (κ3) is 4.15. The molecule has 1 saturated heterocycles. The summed E-state index contributed by atoms with van der Waals surface area (Å²) in [5.41, 5.74) is 0.465. The maximum absolute atomic E-state index is 12.5. The Morgan fingerprint density at radius 1 is 1.42 bits per heavy atom. The van der Waals surface area contributed by atoms with Gasteiger partial charge in [-0.05, 0) is 28.1 Å². The molecular formula is C15H15BrN2O5S. The lowest BCUT2D eigenvalue weighted by Crippen LogP contribution is -2.42. The van der Waals surface area contributed by atoms with E-state index in [4.69, 9.17) is 5.11 Å². The molecule has 1 aromatic carbocycles. The largest absolute Gasteiger partial charge is 0.480 e. The second kappa shape index (κ2) is 7.80. The second-order valence-corrected chi connectivity index (χ2v) is 7.23. The third-order valence-corrected chi connectivity index (χ3v) is 5.31. The number of nitrogens with zero attached hydrogens (tertiary/aromatic N) is 1. The molecule has 9 heteroatoms. The molecule has 1 heterocycles. The molecule has 1 fully saturated rings. The Labute approximate surface area is 150 Å². The molecule has 0 saturated carbocycles. The minimum atomic E-state index is -1.18. The van der Waals surface area contributed by atoms with E-state index in [0.29, 0.717) is 10.2 Å². The Bertz CT molecular complexity index is 696. The van der Waals surface area contributed by atoms with Gasteiger partial charge in [0, 0.05) is 23.6 Å². The number of imide groups is 1. The lowest BCUT2D eigenvalue weighted by Gasteiger charge is -2.17. The average molecular weight is 415 g/mol. The number of rotatable bonds is 6. The fourth-order valence-corrected chi connectivity index (χ4v) is 3.87. The molecule has 0 spiro atoms. The SMILES string of the molecule is CC(=O)N[C@H](CS[C@H]1CC(=O)N(c2ccccc2Br)C1=O)C(=O)O. The van der Waals surface area contributed by atoms with Crippen LogP contribution in [0.15, 0.2) is 28.7 Å². The summed E-state index contributed by atoms with van der Waals surface area (Å²) in [6.07, 6.45) is -0.00273. The number of halogens is 1. The summed E-state index contributed by atoms with van der Waals surface area (Å²) < 4.78 is 0.624. The maximum atomic E-state index is 12.5. The lowest BCUT2D eigenvalue weighted by molar-refractivity contribution is -0.140. The molecule has 0 aliphatic carbocycles. The van der Waals surface area contributed by atoms with E-state index in [1.165, 1.54) is 6.92 Å². The van der Waals surface area contributed by atoms with Crippen molar-refractivity contribution in [3.63, 3.8) is 0 Å². The van der Waals surface area contributed by atoms with E-state index in [1.807, 2.05) is 0 Å². The number of para-hydroxylation sites is 1. The fraction of sp³-hybridized carbons (Fsp3) is 0.333. The summed E-state index contributed by atoms with van der Waals surface area (Å²) in [6, 6.07) is 5.78.